The van der Waals surface area contributed by atoms with Gasteiger partial charge in [-0.15, -0.1) is 0 Å². The van der Waals surface area contributed by atoms with E-state index in [1.165, 1.54) is 5.56 Å². The van der Waals surface area contributed by atoms with Crippen LogP contribution in [0.25, 0.3) is 0 Å². The minimum Gasteiger partial charge on any atom is -0.460 e. The number of hydrogen-bond acceptors (Lipinski definition) is 5. The summed E-state index contributed by atoms with van der Waals surface area (Å²) >= 11 is 0. The topological polar surface area (TPSA) is 76.7 Å². The molecule has 6 nitrogen and oxygen atoms in total. The third-order valence-electron chi connectivity index (χ3n) is 6.00. The van der Waals surface area contributed by atoms with Gasteiger partial charge in [0.15, 0.2) is 0 Å². The van der Waals surface area contributed by atoms with E-state index >= 15 is 0 Å². The zero-order valence-electron chi connectivity index (χ0n) is 20.0. The molecule has 2 aromatic carbocycles. The van der Waals surface area contributed by atoms with E-state index in [1.807, 2.05) is 76.2 Å². The van der Waals surface area contributed by atoms with Gasteiger partial charge < -0.3 is 14.8 Å². The minimum atomic E-state index is -0.455. The van der Waals surface area contributed by atoms with Gasteiger partial charge in [0.1, 0.15) is 18.9 Å². The summed E-state index contributed by atoms with van der Waals surface area (Å²) in [5.41, 5.74) is 1.69. The molecule has 0 spiro atoms. The summed E-state index contributed by atoms with van der Waals surface area (Å²) < 4.78 is 11.6. The average Bonchev–Trinajstić information content (AvgIpc) is 3.08. The molecule has 3 atom stereocenters. The van der Waals surface area contributed by atoms with Crippen LogP contribution in [0.2, 0.25) is 0 Å². The first-order chi connectivity index (χ1) is 15.7. The van der Waals surface area contributed by atoms with Crippen molar-refractivity contribution in [2.24, 2.45) is 11.8 Å². The number of esters is 1. The first-order valence-electron chi connectivity index (χ1n) is 11.7. The van der Waals surface area contributed by atoms with E-state index in [2.05, 4.69) is 22.8 Å². The predicted molar refractivity (Wildman–Crippen MR) is 128 cm³/mol. The van der Waals surface area contributed by atoms with Crippen LogP contribution in [0.3, 0.4) is 0 Å². The quantitative estimate of drug-likeness (QED) is 0.536. The summed E-state index contributed by atoms with van der Waals surface area (Å²) in [6.07, 6.45) is 1.30. The van der Waals surface area contributed by atoms with Gasteiger partial charge >= 0.3 is 5.97 Å². The smallest absolute Gasteiger partial charge is 0.325 e. The molecular formula is C27H36N2O4. The lowest BCUT2D eigenvalue weighted by Crippen LogP contribution is -2.42. The summed E-state index contributed by atoms with van der Waals surface area (Å²) in [7, 11) is 0. The molecule has 0 unspecified atom stereocenters. The lowest BCUT2D eigenvalue weighted by molar-refractivity contribution is -0.145. The number of hydrogen-bond donors (Lipinski definition) is 2. The van der Waals surface area contributed by atoms with Gasteiger partial charge in [-0.05, 0) is 43.7 Å². The Morgan fingerprint density at radius 3 is 2.24 bits per heavy atom. The van der Waals surface area contributed by atoms with Crippen LogP contribution < -0.4 is 10.6 Å². The number of benzene rings is 2. The van der Waals surface area contributed by atoms with E-state index in [4.69, 9.17) is 9.47 Å². The minimum absolute atomic E-state index is 0.104. The monoisotopic (exact) mass is 452 g/mol. The first-order valence-corrected chi connectivity index (χ1v) is 11.7. The molecule has 1 amide bonds. The molecule has 0 bridgehead atoms. The summed E-state index contributed by atoms with van der Waals surface area (Å²) in [6, 6.07) is 19.9. The molecule has 3 rings (SSSR count). The number of nitrogens with one attached hydrogen (secondary N) is 2. The molecule has 0 aliphatic carbocycles. The highest BCUT2D eigenvalue weighted by molar-refractivity contribution is 5.83. The molecule has 0 aromatic heterocycles. The number of carbonyl (C=O) groups is 2. The first kappa shape index (κ1) is 24.9. The fraction of sp³-hybridized carbons (Fsp3) is 0.481. The van der Waals surface area contributed by atoms with E-state index in [-0.39, 0.29) is 43.0 Å². The fourth-order valence-corrected chi connectivity index (χ4v) is 4.31. The molecule has 1 aliphatic rings. The molecule has 1 saturated heterocycles. The highest BCUT2D eigenvalue weighted by Crippen LogP contribution is 2.30. The normalized spacial score (nSPS) is 20.4. The summed E-state index contributed by atoms with van der Waals surface area (Å²) in [5, 5.41) is 6.34. The van der Waals surface area contributed by atoms with Crippen molar-refractivity contribution in [2.45, 2.75) is 65.0 Å². The Balaban J connectivity index is 1.55. The summed E-state index contributed by atoms with van der Waals surface area (Å²) in [4.78, 5) is 25.1. The van der Waals surface area contributed by atoms with Crippen molar-refractivity contribution in [3.05, 3.63) is 71.8 Å². The molecule has 178 valence electrons. The predicted octanol–water partition coefficient (Wildman–Crippen LogP) is 3.84. The number of carbonyl (C=O) groups excluding carboxylic acids is 2. The Labute approximate surface area is 197 Å². The van der Waals surface area contributed by atoms with Gasteiger partial charge in [0.25, 0.3) is 0 Å². The largest absolute Gasteiger partial charge is 0.460 e. The van der Waals surface area contributed by atoms with Crippen LogP contribution in [0, 0.1) is 11.8 Å². The van der Waals surface area contributed by atoms with Crippen molar-refractivity contribution in [3.8, 4) is 0 Å². The Morgan fingerprint density at radius 2 is 1.64 bits per heavy atom. The number of amides is 1. The number of ether oxygens (including phenoxy) is 2. The molecule has 0 saturated carbocycles. The van der Waals surface area contributed by atoms with Gasteiger partial charge in [0, 0.05) is 12.0 Å². The summed E-state index contributed by atoms with van der Waals surface area (Å²) in [6.45, 7) is 8.13. The Kier molecular flexibility index (Phi) is 8.64. The Morgan fingerprint density at radius 1 is 1.03 bits per heavy atom. The van der Waals surface area contributed by atoms with E-state index in [9.17, 15) is 9.59 Å². The van der Waals surface area contributed by atoms with Crippen LogP contribution in [0.5, 0.6) is 0 Å². The molecule has 0 radical (unpaired) electrons. The van der Waals surface area contributed by atoms with Crippen molar-refractivity contribution in [1.29, 1.82) is 0 Å². The maximum absolute atomic E-state index is 13.0. The van der Waals surface area contributed by atoms with Gasteiger partial charge in [-0.1, -0.05) is 74.5 Å². The van der Waals surface area contributed by atoms with Crippen LogP contribution in [0.1, 0.15) is 45.2 Å². The van der Waals surface area contributed by atoms with Crippen LogP contribution in [-0.4, -0.2) is 36.3 Å². The molecule has 6 heteroatoms. The molecule has 33 heavy (non-hydrogen) atoms. The molecule has 1 heterocycles. The van der Waals surface area contributed by atoms with Crippen LogP contribution >= 0.6 is 0 Å². The van der Waals surface area contributed by atoms with Crippen LogP contribution in [-0.2, 0) is 32.1 Å². The zero-order chi connectivity index (χ0) is 23.8. The van der Waals surface area contributed by atoms with Crippen molar-refractivity contribution >= 4 is 11.9 Å². The van der Waals surface area contributed by atoms with Crippen molar-refractivity contribution in [1.82, 2.24) is 10.6 Å². The standard InChI is InChI=1S/C27H36N2O4/c1-19(2)22(26(31)28-17-25(30)32-18-21-13-9-6-10-14-21)16-24-23(29-27(3,4)33-24)15-20-11-7-5-8-12-20/h5-14,19,22-24,29H,15-18H2,1-4H3,(H,28,31)/t22-,23+,24+/m1/s1. The van der Waals surface area contributed by atoms with Crippen LogP contribution in [0.15, 0.2) is 60.7 Å². The highest BCUT2D eigenvalue weighted by atomic mass is 16.5. The van der Waals surface area contributed by atoms with Gasteiger partial charge in [0.2, 0.25) is 5.91 Å². The number of rotatable bonds is 10. The second kappa shape index (κ2) is 11.4. The summed E-state index contributed by atoms with van der Waals surface area (Å²) in [5.74, 6) is -0.758. The second-order valence-corrected chi connectivity index (χ2v) is 9.56. The van der Waals surface area contributed by atoms with Gasteiger partial charge in [-0.2, -0.15) is 0 Å². The van der Waals surface area contributed by atoms with E-state index in [0.29, 0.717) is 6.42 Å². The Hall–Kier alpha value is -2.70. The van der Waals surface area contributed by atoms with Gasteiger partial charge in [-0.3, -0.25) is 14.9 Å². The fourth-order valence-electron chi connectivity index (χ4n) is 4.31. The van der Waals surface area contributed by atoms with Crippen LogP contribution in [0.4, 0.5) is 0 Å². The molecule has 2 N–H and O–H groups in total. The van der Waals surface area contributed by atoms with E-state index in [1.54, 1.807) is 0 Å². The zero-order valence-corrected chi connectivity index (χ0v) is 20.0. The van der Waals surface area contributed by atoms with Crippen molar-refractivity contribution in [2.75, 3.05) is 6.54 Å². The van der Waals surface area contributed by atoms with E-state index in [0.717, 1.165) is 12.0 Å². The lowest BCUT2D eigenvalue weighted by Gasteiger charge is -2.26. The third kappa shape index (κ3) is 7.69. The van der Waals surface area contributed by atoms with Gasteiger partial charge in [-0.25, -0.2) is 0 Å². The van der Waals surface area contributed by atoms with Crippen molar-refractivity contribution in [3.63, 3.8) is 0 Å². The molecule has 1 aliphatic heterocycles. The SMILES string of the molecule is CC(C)[C@@H](C[C@@H]1OC(C)(C)N[C@H]1Cc1ccccc1)C(=O)NCC(=O)OCc1ccccc1. The second-order valence-electron chi connectivity index (χ2n) is 9.56. The maximum atomic E-state index is 13.0. The molecule has 2 aromatic rings. The highest BCUT2D eigenvalue weighted by Gasteiger charge is 2.41. The lowest BCUT2D eigenvalue weighted by atomic mass is 9.86. The van der Waals surface area contributed by atoms with Gasteiger partial charge in [0.05, 0.1) is 6.10 Å². The maximum Gasteiger partial charge on any atom is 0.325 e. The average molecular weight is 453 g/mol. The third-order valence-corrected chi connectivity index (χ3v) is 6.00. The Bertz CT molecular complexity index is 899. The van der Waals surface area contributed by atoms with E-state index < -0.39 is 11.7 Å². The van der Waals surface area contributed by atoms with Crippen molar-refractivity contribution < 1.29 is 19.1 Å². The molecule has 1 fully saturated rings. The molecular weight excluding hydrogens is 416 g/mol.